The van der Waals surface area contributed by atoms with Gasteiger partial charge in [-0.1, -0.05) is 0 Å². The monoisotopic (exact) mass is 208 g/mol. The summed E-state index contributed by atoms with van der Waals surface area (Å²) in [5, 5.41) is 16.9. The van der Waals surface area contributed by atoms with E-state index in [0.717, 1.165) is 0 Å². The molecule has 0 saturated heterocycles. The summed E-state index contributed by atoms with van der Waals surface area (Å²) in [5.74, 6) is -7.86. The molecule has 14 heavy (non-hydrogen) atoms. The fraction of sp³-hybridized carbons (Fsp3) is 0. The Bertz CT molecular complexity index is 391. The molecule has 0 aliphatic rings. The van der Waals surface area contributed by atoms with Gasteiger partial charge in [0.2, 0.25) is 5.82 Å². The van der Waals surface area contributed by atoms with E-state index in [1.54, 1.807) is 0 Å². The second kappa shape index (κ2) is 3.44. The van der Waals surface area contributed by atoms with E-state index < -0.39 is 35.1 Å². The first-order valence-electron chi connectivity index (χ1n) is 3.20. The second-order valence-electron chi connectivity index (χ2n) is 2.20. The van der Waals surface area contributed by atoms with Crippen molar-refractivity contribution in [3.05, 3.63) is 23.5 Å². The van der Waals surface area contributed by atoms with Crippen LogP contribution in [0.3, 0.4) is 0 Å². The van der Waals surface area contributed by atoms with Crippen molar-refractivity contribution in [2.45, 2.75) is 0 Å². The van der Waals surface area contributed by atoms with Crippen molar-refractivity contribution in [1.82, 2.24) is 0 Å². The molecule has 0 aromatic heterocycles. The van der Waals surface area contributed by atoms with Crippen molar-refractivity contribution >= 4 is 6.16 Å². The standard InChI is InChI=1S/C7H3F3O4/c8-2-1-3(14-7(12)13)6(11)5(10)4(2)9/h1,11H,(H,12,13). The van der Waals surface area contributed by atoms with Gasteiger partial charge in [-0.15, -0.1) is 0 Å². The summed E-state index contributed by atoms with van der Waals surface area (Å²) in [6.45, 7) is 0. The number of rotatable bonds is 1. The van der Waals surface area contributed by atoms with Crippen LogP contribution in [0.1, 0.15) is 0 Å². The molecule has 1 rings (SSSR count). The molecule has 0 saturated carbocycles. The van der Waals surface area contributed by atoms with Crippen LogP contribution in [0.25, 0.3) is 0 Å². The molecule has 0 fully saturated rings. The van der Waals surface area contributed by atoms with E-state index in [4.69, 9.17) is 10.2 Å². The quantitative estimate of drug-likeness (QED) is 0.420. The van der Waals surface area contributed by atoms with Crippen LogP contribution in [0.5, 0.6) is 11.5 Å². The number of hydrogen-bond donors (Lipinski definition) is 2. The van der Waals surface area contributed by atoms with Crippen LogP contribution in [0.15, 0.2) is 6.07 Å². The van der Waals surface area contributed by atoms with Gasteiger partial charge in [-0.25, -0.2) is 13.6 Å². The molecule has 1 aromatic rings. The smallest absolute Gasteiger partial charge is 0.502 e. The number of ether oxygens (including phenoxy) is 1. The molecular weight excluding hydrogens is 205 g/mol. The van der Waals surface area contributed by atoms with Gasteiger partial charge in [-0.05, 0) is 0 Å². The molecule has 0 spiro atoms. The average Bonchev–Trinajstić information content (AvgIpc) is 2.10. The molecule has 0 bridgehead atoms. The largest absolute Gasteiger partial charge is 0.511 e. The van der Waals surface area contributed by atoms with Crippen LogP contribution < -0.4 is 4.74 Å². The van der Waals surface area contributed by atoms with Crippen molar-refractivity contribution in [3.8, 4) is 11.5 Å². The highest BCUT2D eigenvalue weighted by Gasteiger charge is 2.20. The van der Waals surface area contributed by atoms with Gasteiger partial charge in [0, 0.05) is 6.07 Å². The summed E-state index contributed by atoms with van der Waals surface area (Å²) in [6.07, 6.45) is -1.88. The van der Waals surface area contributed by atoms with Crippen LogP contribution in [0.4, 0.5) is 18.0 Å². The lowest BCUT2D eigenvalue weighted by atomic mass is 10.3. The van der Waals surface area contributed by atoms with E-state index in [-0.39, 0.29) is 6.07 Å². The SMILES string of the molecule is O=C(O)Oc1cc(F)c(F)c(F)c1O. The van der Waals surface area contributed by atoms with Crippen LogP contribution in [0.2, 0.25) is 0 Å². The van der Waals surface area contributed by atoms with Crippen LogP contribution in [-0.4, -0.2) is 16.4 Å². The summed E-state index contributed by atoms with van der Waals surface area (Å²) < 4.78 is 41.2. The number of phenols is 1. The molecule has 0 aliphatic carbocycles. The van der Waals surface area contributed by atoms with Gasteiger partial charge in [0.25, 0.3) is 0 Å². The molecular formula is C7H3F3O4. The molecule has 4 nitrogen and oxygen atoms in total. The summed E-state index contributed by atoms with van der Waals surface area (Å²) in [5.41, 5.74) is 0. The Hall–Kier alpha value is -1.92. The molecule has 7 heteroatoms. The molecule has 0 amide bonds. The number of benzene rings is 1. The maximum absolute atomic E-state index is 12.6. The third-order valence-corrected chi connectivity index (χ3v) is 1.30. The highest BCUT2D eigenvalue weighted by atomic mass is 19.2. The van der Waals surface area contributed by atoms with E-state index in [9.17, 15) is 18.0 Å². The van der Waals surface area contributed by atoms with Gasteiger partial charge in [-0.2, -0.15) is 4.39 Å². The first-order valence-corrected chi connectivity index (χ1v) is 3.20. The molecule has 0 heterocycles. The third-order valence-electron chi connectivity index (χ3n) is 1.30. The summed E-state index contributed by atoms with van der Waals surface area (Å²) in [4.78, 5) is 9.96. The third kappa shape index (κ3) is 1.70. The number of halogens is 3. The fourth-order valence-corrected chi connectivity index (χ4v) is 0.736. The van der Waals surface area contributed by atoms with Gasteiger partial charge in [0.05, 0.1) is 0 Å². The van der Waals surface area contributed by atoms with Gasteiger partial charge in [0.1, 0.15) is 0 Å². The maximum Gasteiger partial charge on any atom is 0.511 e. The molecule has 0 aliphatic heterocycles. The highest BCUT2D eigenvalue weighted by molar-refractivity contribution is 5.63. The zero-order chi connectivity index (χ0) is 10.9. The molecule has 1 aromatic carbocycles. The molecule has 0 radical (unpaired) electrons. The van der Waals surface area contributed by atoms with Crippen molar-refractivity contribution in [2.75, 3.05) is 0 Å². The lowest BCUT2D eigenvalue weighted by Gasteiger charge is -2.04. The Labute approximate surface area is 75.2 Å². The lowest BCUT2D eigenvalue weighted by Crippen LogP contribution is -2.05. The van der Waals surface area contributed by atoms with Crippen LogP contribution in [-0.2, 0) is 0 Å². The molecule has 2 N–H and O–H groups in total. The van der Waals surface area contributed by atoms with Gasteiger partial charge in [0.15, 0.2) is 23.1 Å². The predicted octanol–water partition coefficient (Wildman–Crippen LogP) is 1.87. The second-order valence-corrected chi connectivity index (χ2v) is 2.20. The first kappa shape index (κ1) is 10.2. The lowest BCUT2D eigenvalue weighted by molar-refractivity contribution is 0.142. The molecule has 76 valence electrons. The highest BCUT2D eigenvalue weighted by Crippen LogP contribution is 2.32. The van der Waals surface area contributed by atoms with Crippen LogP contribution >= 0.6 is 0 Å². The number of carbonyl (C=O) groups is 1. The van der Waals surface area contributed by atoms with Crippen molar-refractivity contribution < 1.29 is 32.9 Å². The normalized spacial score (nSPS) is 9.93. The number of hydrogen-bond acceptors (Lipinski definition) is 3. The average molecular weight is 208 g/mol. The van der Waals surface area contributed by atoms with Crippen molar-refractivity contribution in [3.63, 3.8) is 0 Å². The summed E-state index contributed by atoms with van der Waals surface area (Å²) >= 11 is 0. The minimum absolute atomic E-state index is 0.224. The molecule has 0 atom stereocenters. The topological polar surface area (TPSA) is 66.8 Å². The Morgan fingerprint density at radius 2 is 1.86 bits per heavy atom. The van der Waals surface area contributed by atoms with E-state index >= 15 is 0 Å². The number of carboxylic acid groups (broad SMARTS) is 1. The Morgan fingerprint density at radius 3 is 2.36 bits per heavy atom. The Morgan fingerprint density at radius 1 is 1.29 bits per heavy atom. The van der Waals surface area contributed by atoms with Crippen molar-refractivity contribution in [2.24, 2.45) is 0 Å². The summed E-state index contributed by atoms with van der Waals surface area (Å²) in [7, 11) is 0. The van der Waals surface area contributed by atoms with Gasteiger partial charge >= 0.3 is 6.16 Å². The Kier molecular flexibility index (Phi) is 2.50. The van der Waals surface area contributed by atoms with E-state index in [2.05, 4.69) is 4.74 Å². The molecule has 0 unspecified atom stereocenters. The van der Waals surface area contributed by atoms with Gasteiger partial charge < -0.3 is 14.9 Å². The summed E-state index contributed by atoms with van der Waals surface area (Å²) in [6, 6.07) is 0.224. The Balaban J connectivity index is 3.25. The van der Waals surface area contributed by atoms with Crippen molar-refractivity contribution in [1.29, 1.82) is 0 Å². The van der Waals surface area contributed by atoms with E-state index in [0.29, 0.717) is 0 Å². The minimum atomic E-state index is -1.90. The van der Waals surface area contributed by atoms with E-state index in [1.807, 2.05) is 0 Å². The fourth-order valence-electron chi connectivity index (χ4n) is 0.736. The number of aromatic hydroxyl groups is 1. The predicted molar refractivity (Wildman–Crippen MR) is 36.6 cm³/mol. The van der Waals surface area contributed by atoms with E-state index in [1.165, 1.54) is 0 Å². The van der Waals surface area contributed by atoms with Crippen LogP contribution in [0, 0.1) is 17.5 Å². The maximum atomic E-state index is 12.6. The zero-order valence-electron chi connectivity index (χ0n) is 6.42. The zero-order valence-corrected chi connectivity index (χ0v) is 6.42. The first-order chi connectivity index (χ1) is 6.43. The number of phenolic OH excluding ortho intramolecular Hbond substituents is 1. The minimum Gasteiger partial charge on any atom is -0.502 e. The van der Waals surface area contributed by atoms with Gasteiger partial charge in [-0.3, -0.25) is 0 Å².